The predicted octanol–water partition coefficient (Wildman–Crippen LogP) is 3.66. The van der Waals surface area contributed by atoms with Crippen molar-refractivity contribution < 1.29 is 5.11 Å². The van der Waals surface area contributed by atoms with E-state index in [0.717, 1.165) is 5.56 Å². The maximum Gasteiger partial charge on any atom is 0.185 e. The van der Waals surface area contributed by atoms with Crippen LogP contribution in [0, 0.1) is 6.92 Å². The largest absolute Gasteiger partial charge is 0.507 e. The molecule has 3 rings (SSSR count). The highest BCUT2D eigenvalue weighted by Gasteiger charge is 2.08. The van der Waals surface area contributed by atoms with Gasteiger partial charge in [0, 0.05) is 0 Å². The highest BCUT2D eigenvalue weighted by Crippen LogP contribution is 2.25. The molecule has 3 aromatic rings. The Bertz CT molecular complexity index is 790. The minimum absolute atomic E-state index is 0.172. The van der Waals surface area contributed by atoms with E-state index in [4.69, 9.17) is 0 Å². The van der Waals surface area contributed by atoms with Gasteiger partial charge in [0.2, 0.25) is 0 Å². The lowest BCUT2D eigenvalue weighted by atomic mass is 10.1. The average Bonchev–Trinajstić information content (AvgIpc) is 2.96. The molecule has 0 saturated carbocycles. The smallest absolute Gasteiger partial charge is 0.185 e. The number of hydrogen-bond donors (Lipinski definition) is 2. The lowest BCUT2D eigenvalue weighted by Gasteiger charge is -1.97. The van der Waals surface area contributed by atoms with Gasteiger partial charge in [-0.15, -0.1) is 0 Å². The Morgan fingerprint density at radius 3 is 2.57 bits per heavy atom. The molecular formula is C17H15N3O. The van der Waals surface area contributed by atoms with E-state index < -0.39 is 0 Å². The number of aromatic nitrogens is 3. The number of phenolic OH excluding ortho intramolecular Hbond substituents is 1. The Morgan fingerprint density at radius 2 is 1.76 bits per heavy atom. The standard InChI is InChI=1S/C17H15N3O/c1-12-6-2-3-7-13(12)10-11-16-18-17(20-19-16)14-8-4-5-9-15(14)21/h2-11,21H,1H3,(H,18,19,20)/b11-10+. The first-order valence-electron chi connectivity index (χ1n) is 6.68. The van der Waals surface area contributed by atoms with Gasteiger partial charge in [0.15, 0.2) is 5.82 Å². The number of H-pyrrole nitrogens is 1. The van der Waals surface area contributed by atoms with Crippen molar-refractivity contribution in [2.75, 3.05) is 0 Å². The number of nitrogens with one attached hydrogen (secondary N) is 1. The average molecular weight is 277 g/mol. The van der Waals surface area contributed by atoms with Gasteiger partial charge in [0.25, 0.3) is 0 Å². The first kappa shape index (κ1) is 13.1. The van der Waals surface area contributed by atoms with Gasteiger partial charge in [-0.05, 0) is 36.3 Å². The SMILES string of the molecule is Cc1ccccc1/C=C/c1nc(-c2ccccc2O)n[nH]1. The number of para-hydroxylation sites is 1. The van der Waals surface area contributed by atoms with Crippen LogP contribution in [-0.4, -0.2) is 20.3 Å². The second-order valence-electron chi connectivity index (χ2n) is 4.75. The van der Waals surface area contributed by atoms with E-state index >= 15 is 0 Å². The molecule has 0 unspecified atom stereocenters. The summed E-state index contributed by atoms with van der Waals surface area (Å²) in [6.07, 6.45) is 3.86. The maximum atomic E-state index is 9.81. The zero-order chi connectivity index (χ0) is 14.7. The highest BCUT2D eigenvalue weighted by molar-refractivity contribution is 5.70. The van der Waals surface area contributed by atoms with Crippen LogP contribution >= 0.6 is 0 Å². The molecule has 104 valence electrons. The summed E-state index contributed by atoms with van der Waals surface area (Å²) in [4.78, 5) is 4.37. The third-order valence-corrected chi connectivity index (χ3v) is 3.26. The summed E-state index contributed by atoms with van der Waals surface area (Å²) in [5.41, 5.74) is 2.96. The van der Waals surface area contributed by atoms with Crippen molar-refractivity contribution in [1.82, 2.24) is 15.2 Å². The third kappa shape index (κ3) is 2.84. The van der Waals surface area contributed by atoms with Gasteiger partial charge >= 0.3 is 0 Å². The predicted molar refractivity (Wildman–Crippen MR) is 83.6 cm³/mol. The van der Waals surface area contributed by atoms with E-state index in [2.05, 4.69) is 28.2 Å². The zero-order valence-electron chi connectivity index (χ0n) is 11.6. The van der Waals surface area contributed by atoms with Crippen molar-refractivity contribution in [2.45, 2.75) is 6.92 Å². The fraction of sp³-hybridized carbons (Fsp3) is 0.0588. The number of aryl methyl sites for hydroxylation is 1. The summed E-state index contributed by atoms with van der Waals surface area (Å²) in [6.45, 7) is 2.06. The van der Waals surface area contributed by atoms with Crippen molar-refractivity contribution in [3.63, 3.8) is 0 Å². The van der Waals surface area contributed by atoms with E-state index in [1.54, 1.807) is 18.2 Å². The molecule has 1 heterocycles. The molecule has 21 heavy (non-hydrogen) atoms. The zero-order valence-corrected chi connectivity index (χ0v) is 11.6. The number of benzene rings is 2. The Hall–Kier alpha value is -2.88. The van der Waals surface area contributed by atoms with Crippen LogP contribution in [0.2, 0.25) is 0 Å². The Balaban J connectivity index is 1.86. The first-order chi connectivity index (χ1) is 10.2. The minimum atomic E-state index is 0.172. The Labute approximate surface area is 122 Å². The monoisotopic (exact) mass is 277 g/mol. The minimum Gasteiger partial charge on any atom is -0.507 e. The van der Waals surface area contributed by atoms with E-state index in [1.165, 1.54) is 5.56 Å². The van der Waals surface area contributed by atoms with E-state index in [-0.39, 0.29) is 5.75 Å². The Kier molecular flexibility index (Phi) is 3.51. The van der Waals surface area contributed by atoms with Crippen molar-refractivity contribution in [3.05, 3.63) is 65.5 Å². The molecule has 4 nitrogen and oxygen atoms in total. The van der Waals surface area contributed by atoms with Crippen LogP contribution in [0.25, 0.3) is 23.5 Å². The quantitative estimate of drug-likeness (QED) is 0.768. The fourth-order valence-corrected chi connectivity index (χ4v) is 2.07. The topological polar surface area (TPSA) is 61.8 Å². The number of nitrogens with zero attached hydrogens (tertiary/aromatic N) is 2. The number of aromatic amines is 1. The van der Waals surface area contributed by atoms with Gasteiger partial charge in [0.05, 0.1) is 5.56 Å². The fourth-order valence-electron chi connectivity index (χ4n) is 2.07. The van der Waals surface area contributed by atoms with Crippen molar-refractivity contribution >= 4 is 12.2 Å². The first-order valence-corrected chi connectivity index (χ1v) is 6.68. The summed E-state index contributed by atoms with van der Waals surface area (Å²) in [6, 6.07) is 15.1. The van der Waals surface area contributed by atoms with Crippen LogP contribution in [0.5, 0.6) is 5.75 Å². The Morgan fingerprint density at radius 1 is 1.00 bits per heavy atom. The molecule has 0 aliphatic rings. The summed E-state index contributed by atoms with van der Waals surface area (Å²) >= 11 is 0. The van der Waals surface area contributed by atoms with Crippen LogP contribution in [0.1, 0.15) is 17.0 Å². The summed E-state index contributed by atoms with van der Waals surface area (Å²) < 4.78 is 0. The van der Waals surface area contributed by atoms with Crippen LogP contribution in [0.15, 0.2) is 48.5 Å². The molecule has 0 saturated heterocycles. The molecule has 0 atom stereocenters. The highest BCUT2D eigenvalue weighted by atomic mass is 16.3. The van der Waals surface area contributed by atoms with E-state index in [0.29, 0.717) is 17.2 Å². The third-order valence-electron chi connectivity index (χ3n) is 3.26. The maximum absolute atomic E-state index is 9.81. The molecule has 0 fully saturated rings. The van der Waals surface area contributed by atoms with Gasteiger partial charge in [0.1, 0.15) is 11.6 Å². The lowest BCUT2D eigenvalue weighted by Crippen LogP contribution is -1.81. The lowest BCUT2D eigenvalue weighted by molar-refractivity contribution is 0.477. The molecule has 4 heteroatoms. The molecule has 2 N–H and O–H groups in total. The number of hydrogen-bond acceptors (Lipinski definition) is 3. The van der Waals surface area contributed by atoms with E-state index in [1.807, 2.05) is 36.4 Å². The molecule has 2 aromatic carbocycles. The van der Waals surface area contributed by atoms with Crippen LogP contribution in [0.3, 0.4) is 0 Å². The normalized spacial score (nSPS) is 11.1. The van der Waals surface area contributed by atoms with Gasteiger partial charge in [-0.3, -0.25) is 5.10 Å². The molecule has 0 spiro atoms. The van der Waals surface area contributed by atoms with Gasteiger partial charge in [-0.2, -0.15) is 5.10 Å². The summed E-state index contributed by atoms with van der Waals surface area (Å²) in [5, 5.41) is 16.8. The van der Waals surface area contributed by atoms with Gasteiger partial charge in [-0.25, -0.2) is 4.98 Å². The molecule has 0 radical (unpaired) electrons. The second kappa shape index (κ2) is 5.63. The number of rotatable bonds is 3. The van der Waals surface area contributed by atoms with Gasteiger partial charge in [-0.1, -0.05) is 42.5 Å². The summed E-state index contributed by atoms with van der Waals surface area (Å²) in [7, 11) is 0. The summed E-state index contributed by atoms with van der Waals surface area (Å²) in [5.74, 6) is 1.31. The van der Waals surface area contributed by atoms with Crippen LogP contribution in [0.4, 0.5) is 0 Å². The molecule has 0 bridgehead atoms. The molecular weight excluding hydrogens is 262 g/mol. The van der Waals surface area contributed by atoms with Crippen molar-refractivity contribution in [1.29, 1.82) is 0 Å². The van der Waals surface area contributed by atoms with E-state index in [9.17, 15) is 5.11 Å². The molecule has 0 aliphatic heterocycles. The van der Waals surface area contributed by atoms with Crippen molar-refractivity contribution in [3.8, 4) is 17.1 Å². The molecule has 1 aromatic heterocycles. The number of phenols is 1. The second-order valence-corrected chi connectivity index (χ2v) is 4.75. The van der Waals surface area contributed by atoms with Crippen LogP contribution < -0.4 is 0 Å². The molecule has 0 amide bonds. The van der Waals surface area contributed by atoms with Crippen LogP contribution in [-0.2, 0) is 0 Å². The van der Waals surface area contributed by atoms with Crippen molar-refractivity contribution in [2.24, 2.45) is 0 Å². The molecule has 0 aliphatic carbocycles. The van der Waals surface area contributed by atoms with Gasteiger partial charge < -0.3 is 5.11 Å². The number of aromatic hydroxyl groups is 1.